The van der Waals surface area contributed by atoms with E-state index in [9.17, 15) is 14.3 Å². The number of nitrogens with zero attached hydrogens (tertiary/aromatic N) is 1. The predicted octanol–water partition coefficient (Wildman–Crippen LogP) is 0.200. The summed E-state index contributed by atoms with van der Waals surface area (Å²) in [4.78, 5) is 26.8. The summed E-state index contributed by atoms with van der Waals surface area (Å²) in [6, 6.07) is -1.11. The van der Waals surface area contributed by atoms with Crippen molar-refractivity contribution in [2.45, 2.75) is 19.4 Å². The molecule has 2 atom stereocenters. The molecule has 0 amide bonds. The number of carbonyl (C=O) groups is 1. The Hall–Kier alpha value is -1.17. The minimum atomic E-state index is -3.57. The van der Waals surface area contributed by atoms with Gasteiger partial charge in [-0.3, -0.25) is 9.36 Å². The molecule has 1 heterocycles. The van der Waals surface area contributed by atoms with Gasteiger partial charge in [-0.05, 0) is 0 Å². The van der Waals surface area contributed by atoms with Crippen LogP contribution in [-0.4, -0.2) is 38.1 Å². The molecule has 0 aromatic carbocycles. The number of carboxylic acid groups (broad SMARTS) is 1. The SMILES string of the molecule is CCP(=O)(O)N[C@@H](Cc1c[nH]cn1)C(=O)O. The lowest BCUT2D eigenvalue weighted by Crippen LogP contribution is -2.36. The van der Waals surface area contributed by atoms with E-state index in [4.69, 9.17) is 5.11 Å². The van der Waals surface area contributed by atoms with E-state index in [0.717, 1.165) is 0 Å². The molecule has 0 bridgehead atoms. The lowest BCUT2D eigenvalue weighted by molar-refractivity contribution is -0.139. The van der Waals surface area contributed by atoms with Gasteiger partial charge in [0.15, 0.2) is 0 Å². The van der Waals surface area contributed by atoms with Gasteiger partial charge in [-0.25, -0.2) is 10.1 Å². The summed E-state index contributed by atoms with van der Waals surface area (Å²) in [5, 5.41) is 11.1. The highest BCUT2D eigenvalue weighted by molar-refractivity contribution is 7.55. The zero-order valence-electron chi connectivity index (χ0n) is 8.75. The van der Waals surface area contributed by atoms with Crippen LogP contribution in [-0.2, 0) is 15.8 Å². The summed E-state index contributed by atoms with van der Waals surface area (Å²) in [5.74, 6) is -1.18. The Kier molecular flexibility index (Phi) is 4.23. The number of H-pyrrole nitrogens is 1. The first kappa shape index (κ1) is 12.9. The largest absolute Gasteiger partial charge is 0.480 e. The van der Waals surface area contributed by atoms with E-state index in [1.807, 2.05) is 0 Å². The van der Waals surface area contributed by atoms with Gasteiger partial charge in [-0.2, -0.15) is 0 Å². The van der Waals surface area contributed by atoms with Gasteiger partial charge in [-0.1, -0.05) is 6.92 Å². The Morgan fingerprint density at radius 2 is 2.44 bits per heavy atom. The highest BCUT2D eigenvalue weighted by Crippen LogP contribution is 2.35. The van der Waals surface area contributed by atoms with E-state index in [0.29, 0.717) is 5.69 Å². The molecule has 0 aliphatic carbocycles. The fourth-order valence-corrected chi connectivity index (χ4v) is 2.01. The first-order valence-corrected chi connectivity index (χ1v) is 6.59. The number of nitrogens with one attached hydrogen (secondary N) is 2. The van der Waals surface area contributed by atoms with Crippen molar-refractivity contribution in [2.75, 3.05) is 6.16 Å². The Labute approximate surface area is 92.4 Å². The van der Waals surface area contributed by atoms with Crippen LogP contribution in [0.4, 0.5) is 0 Å². The summed E-state index contributed by atoms with van der Waals surface area (Å²) < 4.78 is 11.4. The second-order valence-electron chi connectivity index (χ2n) is 3.30. The fourth-order valence-electron chi connectivity index (χ4n) is 1.13. The van der Waals surface area contributed by atoms with Crippen molar-refractivity contribution in [1.82, 2.24) is 15.1 Å². The van der Waals surface area contributed by atoms with Crippen molar-refractivity contribution in [3.05, 3.63) is 18.2 Å². The average molecular weight is 247 g/mol. The molecule has 1 aromatic rings. The molecule has 8 heteroatoms. The molecular weight excluding hydrogens is 233 g/mol. The fraction of sp³-hybridized carbons (Fsp3) is 0.500. The normalized spacial score (nSPS) is 16.6. The maximum Gasteiger partial charge on any atom is 0.321 e. The van der Waals surface area contributed by atoms with Crippen molar-refractivity contribution in [2.24, 2.45) is 0 Å². The molecule has 0 radical (unpaired) electrons. The van der Waals surface area contributed by atoms with Crippen LogP contribution in [0.2, 0.25) is 0 Å². The molecular formula is C8H14N3O4P. The van der Waals surface area contributed by atoms with Gasteiger partial charge in [0.05, 0.1) is 12.0 Å². The molecule has 1 rings (SSSR count). The van der Waals surface area contributed by atoms with E-state index >= 15 is 0 Å². The summed E-state index contributed by atoms with van der Waals surface area (Å²) in [6.07, 6.45) is 3.01. The number of carboxylic acids is 1. The highest BCUT2D eigenvalue weighted by atomic mass is 31.2. The van der Waals surface area contributed by atoms with Crippen LogP contribution >= 0.6 is 7.52 Å². The van der Waals surface area contributed by atoms with Gasteiger partial charge in [0.2, 0.25) is 0 Å². The predicted molar refractivity (Wildman–Crippen MR) is 57.2 cm³/mol. The van der Waals surface area contributed by atoms with Gasteiger partial charge >= 0.3 is 5.97 Å². The summed E-state index contributed by atoms with van der Waals surface area (Å²) in [7, 11) is -3.57. The molecule has 0 aliphatic rings. The first-order chi connectivity index (χ1) is 7.44. The summed E-state index contributed by atoms with van der Waals surface area (Å²) in [5.41, 5.74) is 0.524. The molecule has 0 fully saturated rings. The molecule has 0 aliphatic heterocycles. The highest BCUT2D eigenvalue weighted by Gasteiger charge is 2.26. The van der Waals surface area contributed by atoms with Crippen molar-refractivity contribution in [3.8, 4) is 0 Å². The standard InChI is InChI=1S/C8H14N3O4P/c1-2-16(14,15)11-7(8(12)13)3-6-4-9-5-10-6/h4-5,7H,2-3H2,1H3,(H,9,10)(H,12,13)(H2,11,14,15)/t7-/m0/s1. The van der Waals surface area contributed by atoms with Crippen LogP contribution in [0.3, 0.4) is 0 Å². The van der Waals surface area contributed by atoms with Crippen LogP contribution in [0.15, 0.2) is 12.5 Å². The zero-order chi connectivity index (χ0) is 12.2. The number of hydrogen-bond acceptors (Lipinski definition) is 3. The smallest absolute Gasteiger partial charge is 0.321 e. The van der Waals surface area contributed by atoms with Crippen molar-refractivity contribution in [3.63, 3.8) is 0 Å². The number of rotatable bonds is 6. The monoisotopic (exact) mass is 247 g/mol. The number of aromatic nitrogens is 2. The minimum absolute atomic E-state index is 0.0165. The quantitative estimate of drug-likeness (QED) is 0.534. The average Bonchev–Trinajstić information content (AvgIpc) is 2.69. The summed E-state index contributed by atoms with van der Waals surface area (Å²) in [6.45, 7) is 1.52. The topological polar surface area (TPSA) is 115 Å². The van der Waals surface area contributed by atoms with Crippen LogP contribution in [0.1, 0.15) is 12.6 Å². The molecule has 4 N–H and O–H groups in total. The van der Waals surface area contributed by atoms with Crippen LogP contribution in [0.5, 0.6) is 0 Å². The summed E-state index contributed by atoms with van der Waals surface area (Å²) >= 11 is 0. The third kappa shape index (κ3) is 3.77. The molecule has 7 nitrogen and oxygen atoms in total. The van der Waals surface area contributed by atoms with Gasteiger partial charge in [0.1, 0.15) is 6.04 Å². The number of aliphatic carboxylic acids is 1. The molecule has 16 heavy (non-hydrogen) atoms. The minimum Gasteiger partial charge on any atom is -0.480 e. The lowest BCUT2D eigenvalue weighted by atomic mass is 10.2. The Morgan fingerprint density at radius 3 is 2.88 bits per heavy atom. The van der Waals surface area contributed by atoms with Crippen LogP contribution in [0.25, 0.3) is 0 Å². The third-order valence-corrected chi connectivity index (χ3v) is 3.62. The second kappa shape index (κ2) is 5.25. The molecule has 0 saturated carbocycles. The first-order valence-electron chi connectivity index (χ1n) is 4.74. The Morgan fingerprint density at radius 1 is 1.75 bits per heavy atom. The van der Waals surface area contributed by atoms with Crippen LogP contribution < -0.4 is 5.09 Å². The van der Waals surface area contributed by atoms with E-state index in [2.05, 4.69) is 15.1 Å². The molecule has 90 valence electrons. The Bertz CT molecular complexity index is 392. The molecule has 0 saturated heterocycles. The number of aromatic amines is 1. The number of hydrogen-bond donors (Lipinski definition) is 4. The van der Waals surface area contributed by atoms with E-state index in [1.165, 1.54) is 13.3 Å². The van der Waals surface area contributed by atoms with E-state index < -0.39 is 19.5 Å². The van der Waals surface area contributed by atoms with Gasteiger partial charge in [-0.15, -0.1) is 0 Å². The van der Waals surface area contributed by atoms with E-state index in [1.54, 1.807) is 6.20 Å². The van der Waals surface area contributed by atoms with Gasteiger partial charge in [0, 0.05) is 18.8 Å². The van der Waals surface area contributed by atoms with Crippen molar-refractivity contribution >= 4 is 13.5 Å². The molecule has 0 spiro atoms. The molecule has 1 unspecified atom stereocenters. The lowest BCUT2D eigenvalue weighted by Gasteiger charge is -2.17. The maximum atomic E-state index is 11.4. The van der Waals surface area contributed by atoms with Crippen LogP contribution in [0, 0.1) is 0 Å². The van der Waals surface area contributed by atoms with Gasteiger partial charge in [0.25, 0.3) is 7.52 Å². The van der Waals surface area contributed by atoms with Crippen molar-refractivity contribution in [1.29, 1.82) is 0 Å². The third-order valence-electron chi connectivity index (χ3n) is 2.05. The number of imidazole rings is 1. The maximum absolute atomic E-state index is 11.4. The Balaban J connectivity index is 2.69. The zero-order valence-corrected chi connectivity index (χ0v) is 9.65. The van der Waals surface area contributed by atoms with Crippen molar-refractivity contribution < 1.29 is 19.4 Å². The van der Waals surface area contributed by atoms with Gasteiger partial charge < -0.3 is 15.0 Å². The second-order valence-corrected chi connectivity index (χ2v) is 5.60. The van der Waals surface area contributed by atoms with E-state index in [-0.39, 0.29) is 12.6 Å². The molecule has 1 aromatic heterocycles.